The van der Waals surface area contributed by atoms with Crippen LogP contribution < -0.4 is 10.5 Å². The Morgan fingerprint density at radius 2 is 2.11 bits per heavy atom. The highest BCUT2D eigenvalue weighted by Crippen LogP contribution is 2.27. The molecule has 6 heteroatoms. The van der Waals surface area contributed by atoms with Crippen molar-refractivity contribution in [1.29, 1.82) is 0 Å². The van der Waals surface area contributed by atoms with Gasteiger partial charge in [0, 0.05) is 0 Å². The van der Waals surface area contributed by atoms with E-state index in [2.05, 4.69) is 15.4 Å². The van der Waals surface area contributed by atoms with Crippen molar-refractivity contribution in [3.05, 3.63) is 47.2 Å². The molecule has 0 aliphatic carbocycles. The van der Waals surface area contributed by atoms with E-state index in [1.54, 1.807) is 6.07 Å². The molecule has 0 fully saturated rings. The first-order valence-electron chi connectivity index (χ1n) is 5.67. The Labute approximate surface area is 110 Å². The monoisotopic (exact) mass is 258 g/mol. The Bertz CT molecular complexity index is 626. The minimum absolute atomic E-state index is 0.0739. The Hall–Kier alpha value is -2.63. The summed E-state index contributed by atoms with van der Waals surface area (Å²) in [5, 5.41) is 19.3. The van der Waals surface area contributed by atoms with E-state index in [0.717, 1.165) is 11.1 Å². The maximum atomic E-state index is 8.74. The fourth-order valence-corrected chi connectivity index (χ4v) is 1.58. The number of oxime groups is 1. The van der Waals surface area contributed by atoms with Crippen LogP contribution in [0.25, 0.3) is 0 Å². The molecule has 0 atom stereocenters. The summed E-state index contributed by atoms with van der Waals surface area (Å²) in [5.74, 6) is 0.786. The Balaban J connectivity index is 2.42. The molecule has 19 heavy (non-hydrogen) atoms. The van der Waals surface area contributed by atoms with Crippen molar-refractivity contribution >= 4 is 5.84 Å². The normalized spacial score (nSPS) is 11.4. The summed E-state index contributed by atoms with van der Waals surface area (Å²) in [7, 11) is 0. The maximum absolute atomic E-state index is 8.74. The molecule has 0 spiro atoms. The van der Waals surface area contributed by atoms with Crippen LogP contribution in [0.2, 0.25) is 0 Å². The van der Waals surface area contributed by atoms with Crippen LogP contribution in [0.15, 0.2) is 35.6 Å². The molecule has 0 saturated heterocycles. The molecule has 1 heterocycles. The smallest absolute Gasteiger partial charge is 0.250 e. The van der Waals surface area contributed by atoms with Gasteiger partial charge in [0.1, 0.15) is 5.75 Å². The molecule has 0 unspecified atom stereocenters. The lowest BCUT2D eigenvalue weighted by Gasteiger charge is -2.11. The topological polar surface area (TPSA) is 93.6 Å². The highest BCUT2D eigenvalue weighted by atomic mass is 16.5. The van der Waals surface area contributed by atoms with Crippen molar-refractivity contribution in [2.75, 3.05) is 0 Å². The number of rotatable bonds is 3. The van der Waals surface area contributed by atoms with Gasteiger partial charge in [0.2, 0.25) is 5.88 Å². The number of aryl methyl sites for hydroxylation is 1. The lowest BCUT2D eigenvalue weighted by molar-refractivity contribution is 0.318. The molecule has 6 nitrogen and oxygen atoms in total. The molecule has 0 saturated carbocycles. The van der Waals surface area contributed by atoms with Crippen LogP contribution in [0.3, 0.4) is 0 Å². The van der Waals surface area contributed by atoms with E-state index in [0.29, 0.717) is 11.3 Å². The van der Waals surface area contributed by atoms with Gasteiger partial charge < -0.3 is 15.7 Å². The summed E-state index contributed by atoms with van der Waals surface area (Å²) in [6, 6.07) is 7.27. The first-order chi connectivity index (χ1) is 9.13. The van der Waals surface area contributed by atoms with Crippen LogP contribution in [-0.2, 0) is 0 Å². The first-order valence-corrected chi connectivity index (χ1v) is 5.67. The second-order valence-corrected chi connectivity index (χ2v) is 4.04. The summed E-state index contributed by atoms with van der Waals surface area (Å²) < 4.78 is 5.70. The summed E-state index contributed by atoms with van der Waals surface area (Å²) >= 11 is 0. The van der Waals surface area contributed by atoms with Gasteiger partial charge in [0.15, 0.2) is 5.84 Å². The second-order valence-electron chi connectivity index (χ2n) is 4.04. The minimum Gasteiger partial charge on any atom is -0.437 e. The second kappa shape index (κ2) is 5.34. The van der Waals surface area contributed by atoms with E-state index < -0.39 is 0 Å². The number of hydrogen-bond acceptors (Lipinski definition) is 5. The van der Waals surface area contributed by atoms with Gasteiger partial charge in [-0.1, -0.05) is 17.3 Å². The fourth-order valence-electron chi connectivity index (χ4n) is 1.58. The average Bonchev–Trinajstić information content (AvgIpc) is 2.43. The molecule has 0 aliphatic heterocycles. The number of amidine groups is 1. The number of aromatic nitrogens is 2. The molecular weight excluding hydrogens is 244 g/mol. The summed E-state index contributed by atoms with van der Waals surface area (Å²) in [6.07, 6.45) is 1.45. The average molecular weight is 258 g/mol. The standard InChI is InChI=1S/C13H14N4O2/c1-8-4-3-5-11(9(8)2)19-13-10(12(14)17-18)6-7-15-16-13/h3-7,18H,1-2H3,(H2,14,17). The Morgan fingerprint density at radius 1 is 1.32 bits per heavy atom. The van der Waals surface area contributed by atoms with Crippen molar-refractivity contribution in [3.8, 4) is 11.6 Å². The van der Waals surface area contributed by atoms with E-state index in [4.69, 9.17) is 15.7 Å². The molecule has 0 radical (unpaired) electrons. The van der Waals surface area contributed by atoms with Crippen molar-refractivity contribution in [2.45, 2.75) is 13.8 Å². The predicted octanol–water partition coefficient (Wildman–Crippen LogP) is 1.98. The van der Waals surface area contributed by atoms with Crippen LogP contribution in [0.1, 0.15) is 16.7 Å². The zero-order valence-corrected chi connectivity index (χ0v) is 10.7. The van der Waals surface area contributed by atoms with E-state index in [9.17, 15) is 0 Å². The van der Waals surface area contributed by atoms with Gasteiger partial charge in [-0.3, -0.25) is 0 Å². The summed E-state index contributed by atoms with van der Waals surface area (Å²) in [4.78, 5) is 0. The number of ether oxygens (including phenoxy) is 1. The third-order valence-corrected chi connectivity index (χ3v) is 2.83. The lowest BCUT2D eigenvalue weighted by atomic mass is 10.1. The highest BCUT2D eigenvalue weighted by molar-refractivity contribution is 5.98. The number of nitrogens with two attached hydrogens (primary N) is 1. The zero-order chi connectivity index (χ0) is 13.8. The third-order valence-electron chi connectivity index (χ3n) is 2.83. The number of nitrogens with zero attached hydrogens (tertiary/aromatic N) is 3. The van der Waals surface area contributed by atoms with E-state index in [-0.39, 0.29) is 11.7 Å². The summed E-state index contributed by atoms with van der Waals surface area (Å²) in [6.45, 7) is 3.94. The molecule has 98 valence electrons. The van der Waals surface area contributed by atoms with Crippen LogP contribution >= 0.6 is 0 Å². The zero-order valence-electron chi connectivity index (χ0n) is 10.7. The molecule has 0 bridgehead atoms. The van der Waals surface area contributed by atoms with Crippen LogP contribution in [-0.4, -0.2) is 21.2 Å². The van der Waals surface area contributed by atoms with Gasteiger partial charge in [-0.05, 0) is 37.1 Å². The van der Waals surface area contributed by atoms with Crippen molar-refractivity contribution in [2.24, 2.45) is 10.9 Å². The van der Waals surface area contributed by atoms with Crippen molar-refractivity contribution < 1.29 is 9.94 Å². The quantitative estimate of drug-likeness (QED) is 0.380. The van der Waals surface area contributed by atoms with Gasteiger partial charge in [0.25, 0.3) is 0 Å². The van der Waals surface area contributed by atoms with Gasteiger partial charge >= 0.3 is 0 Å². The molecule has 0 amide bonds. The Morgan fingerprint density at radius 3 is 2.84 bits per heavy atom. The molecule has 3 N–H and O–H groups in total. The van der Waals surface area contributed by atoms with Gasteiger partial charge in [-0.2, -0.15) is 5.10 Å². The lowest BCUT2D eigenvalue weighted by Crippen LogP contribution is -2.15. The van der Waals surface area contributed by atoms with Crippen molar-refractivity contribution in [1.82, 2.24) is 10.2 Å². The molecule has 2 rings (SSSR count). The van der Waals surface area contributed by atoms with Crippen LogP contribution in [0.5, 0.6) is 11.6 Å². The number of hydrogen-bond donors (Lipinski definition) is 2. The summed E-state index contributed by atoms with van der Waals surface area (Å²) in [5.41, 5.74) is 8.06. The Kier molecular flexibility index (Phi) is 3.61. The SMILES string of the molecule is Cc1cccc(Oc2nnccc2/C(N)=N/O)c1C. The maximum Gasteiger partial charge on any atom is 0.250 e. The van der Waals surface area contributed by atoms with E-state index in [1.807, 2.05) is 32.0 Å². The predicted molar refractivity (Wildman–Crippen MR) is 70.5 cm³/mol. The highest BCUT2D eigenvalue weighted by Gasteiger charge is 2.12. The van der Waals surface area contributed by atoms with E-state index >= 15 is 0 Å². The largest absolute Gasteiger partial charge is 0.437 e. The van der Waals surface area contributed by atoms with Crippen LogP contribution in [0.4, 0.5) is 0 Å². The first kappa shape index (κ1) is 12.8. The molecular formula is C13H14N4O2. The van der Waals surface area contributed by atoms with Gasteiger partial charge in [0.05, 0.1) is 11.8 Å². The minimum atomic E-state index is -0.0739. The molecule has 2 aromatic rings. The number of benzene rings is 1. The molecule has 1 aromatic carbocycles. The van der Waals surface area contributed by atoms with Crippen LogP contribution in [0, 0.1) is 13.8 Å². The van der Waals surface area contributed by atoms with Gasteiger partial charge in [-0.15, -0.1) is 5.10 Å². The van der Waals surface area contributed by atoms with Crippen molar-refractivity contribution in [3.63, 3.8) is 0 Å². The van der Waals surface area contributed by atoms with Gasteiger partial charge in [-0.25, -0.2) is 0 Å². The molecule has 0 aliphatic rings. The fraction of sp³-hybridized carbons (Fsp3) is 0.154. The molecule has 1 aromatic heterocycles. The third kappa shape index (κ3) is 2.62. The van der Waals surface area contributed by atoms with E-state index in [1.165, 1.54) is 6.20 Å².